The van der Waals surface area contributed by atoms with E-state index in [1.165, 1.54) is 11.7 Å². The maximum absolute atomic E-state index is 12.7. The van der Waals surface area contributed by atoms with Crippen molar-refractivity contribution in [2.45, 2.75) is 6.54 Å². The lowest BCUT2D eigenvalue weighted by atomic mass is 10.2. The quantitative estimate of drug-likeness (QED) is 0.762. The van der Waals surface area contributed by atoms with Crippen molar-refractivity contribution in [1.82, 2.24) is 9.55 Å². The van der Waals surface area contributed by atoms with Gasteiger partial charge in [-0.1, -0.05) is 18.2 Å². The molecule has 0 radical (unpaired) electrons. The van der Waals surface area contributed by atoms with Crippen LogP contribution in [0.4, 0.5) is 5.69 Å². The second-order valence-electron chi connectivity index (χ2n) is 5.55. The molecule has 1 amide bonds. The number of carbonyl (C=O) groups is 1. The molecule has 2 aromatic carbocycles. The van der Waals surface area contributed by atoms with Gasteiger partial charge in [0.2, 0.25) is 5.82 Å². The van der Waals surface area contributed by atoms with Gasteiger partial charge in [-0.3, -0.25) is 14.2 Å². The van der Waals surface area contributed by atoms with Crippen molar-refractivity contribution in [3.05, 3.63) is 70.3 Å². The lowest BCUT2D eigenvalue weighted by Crippen LogP contribution is -2.26. The minimum Gasteiger partial charge on any atom is -0.383 e. The van der Waals surface area contributed by atoms with Gasteiger partial charge >= 0.3 is 0 Å². The normalized spacial score (nSPS) is 10.5. The van der Waals surface area contributed by atoms with Crippen LogP contribution in [0.2, 0.25) is 0 Å². The Morgan fingerprint density at radius 2 is 2.04 bits per heavy atom. The third kappa shape index (κ3) is 3.45. The fourth-order valence-electron chi connectivity index (χ4n) is 2.57. The van der Waals surface area contributed by atoms with Gasteiger partial charge in [-0.05, 0) is 30.3 Å². The Morgan fingerprint density at radius 1 is 1.27 bits per heavy atom. The number of nitriles is 1. The third-order valence-corrected chi connectivity index (χ3v) is 3.87. The monoisotopic (exact) mass is 348 g/mol. The Morgan fingerprint density at radius 3 is 2.73 bits per heavy atom. The maximum atomic E-state index is 12.7. The van der Waals surface area contributed by atoms with E-state index in [1.807, 2.05) is 12.1 Å². The maximum Gasteiger partial charge on any atom is 0.262 e. The van der Waals surface area contributed by atoms with Crippen LogP contribution in [0.15, 0.2) is 53.3 Å². The molecule has 130 valence electrons. The fraction of sp³-hybridized carbons (Fsp3) is 0.158. The summed E-state index contributed by atoms with van der Waals surface area (Å²) in [7, 11) is 1.52. The van der Waals surface area contributed by atoms with Crippen molar-refractivity contribution >= 4 is 22.5 Å². The van der Waals surface area contributed by atoms with E-state index in [2.05, 4.69) is 10.3 Å². The SMILES string of the molecule is COCCn1c(C#N)nc2ccc(NC(=O)c3ccccc3)cc2c1=O. The van der Waals surface area contributed by atoms with Gasteiger partial charge in [0.05, 0.1) is 24.1 Å². The number of carbonyl (C=O) groups excluding carboxylic acids is 1. The molecule has 1 N–H and O–H groups in total. The predicted octanol–water partition coefficient (Wildman–Crippen LogP) is 2.17. The Hall–Kier alpha value is -3.50. The fourth-order valence-corrected chi connectivity index (χ4v) is 2.57. The van der Waals surface area contributed by atoms with Gasteiger partial charge in [0.1, 0.15) is 6.07 Å². The molecule has 0 aliphatic carbocycles. The molecule has 0 bridgehead atoms. The molecule has 7 heteroatoms. The van der Waals surface area contributed by atoms with Crippen LogP contribution in [-0.2, 0) is 11.3 Å². The molecule has 0 unspecified atom stereocenters. The van der Waals surface area contributed by atoms with E-state index in [9.17, 15) is 14.9 Å². The zero-order valence-corrected chi connectivity index (χ0v) is 14.1. The molecule has 0 fully saturated rings. The summed E-state index contributed by atoms with van der Waals surface area (Å²) in [6.07, 6.45) is 0. The summed E-state index contributed by atoms with van der Waals surface area (Å²) in [5, 5.41) is 12.3. The molecule has 1 heterocycles. The number of benzene rings is 2. The van der Waals surface area contributed by atoms with Crippen molar-refractivity contribution < 1.29 is 9.53 Å². The van der Waals surface area contributed by atoms with Crippen LogP contribution < -0.4 is 10.9 Å². The molecule has 7 nitrogen and oxygen atoms in total. The third-order valence-electron chi connectivity index (χ3n) is 3.87. The second kappa shape index (κ2) is 7.59. The van der Waals surface area contributed by atoms with Crippen LogP contribution in [-0.4, -0.2) is 29.2 Å². The van der Waals surface area contributed by atoms with Crippen molar-refractivity contribution in [1.29, 1.82) is 5.26 Å². The summed E-state index contributed by atoms with van der Waals surface area (Å²) in [5.41, 5.74) is 1.05. The number of anilines is 1. The summed E-state index contributed by atoms with van der Waals surface area (Å²) in [6.45, 7) is 0.508. The lowest BCUT2D eigenvalue weighted by Gasteiger charge is -2.10. The number of nitrogens with zero attached hydrogens (tertiary/aromatic N) is 3. The number of nitrogens with one attached hydrogen (secondary N) is 1. The van der Waals surface area contributed by atoms with E-state index in [0.717, 1.165) is 0 Å². The highest BCUT2D eigenvalue weighted by atomic mass is 16.5. The number of hydrogen-bond donors (Lipinski definition) is 1. The minimum absolute atomic E-state index is 0.0284. The predicted molar refractivity (Wildman–Crippen MR) is 97.0 cm³/mol. The number of fused-ring (bicyclic) bond motifs is 1. The van der Waals surface area contributed by atoms with Gasteiger partial charge in [-0.2, -0.15) is 5.26 Å². The summed E-state index contributed by atoms with van der Waals surface area (Å²) in [5.74, 6) is -0.244. The Kier molecular flexibility index (Phi) is 5.06. The molecule has 0 saturated carbocycles. The summed E-state index contributed by atoms with van der Waals surface area (Å²) in [6, 6.07) is 15.5. The van der Waals surface area contributed by atoms with Gasteiger partial charge in [0.25, 0.3) is 11.5 Å². The summed E-state index contributed by atoms with van der Waals surface area (Å²) < 4.78 is 6.26. The Balaban J connectivity index is 2.00. The second-order valence-corrected chi connectivity index (χ2v) is 5.55. The first-order valence-corrected chi connectivity index (χ1v) is 7.94. The molecule has 0 atom stereocenters. The first-order valence-electron chi connectivity index (χ1n) is 7.94. The number of methoxy groups -OCH3 is 1. The summed E-state index contributed by atoms with van der Waals surface area (Å²) >= 11 is 0. The molecule has 0 aliphatic heterocycles. The van der Waals surface area contributed by atoms with E-state index < -0.39 is 0 Å². The molecule has 26 heavy (non-hydrogen) atoms. The largest absolute Gasteiger partial charge is 0.383 e. The average Bonchev–Trinajstić information content (AvgIpc) is 2.68. The highest BCUT2D eigenvalue weighted by molar-refractivity contribution is 6.05. The molecule has 0 aliphatic rings. The minimum atomic E-state index is -0.348. The van der Waals surface area contributed by atoms with E-state index in [0.29, 0.717) is 22.2 Å². The zero-order valence-electron chi connectivity index (χ0n) is 14.1. The van der Waals surface area contributed by atoms with Crippen molar-refractivity contribution in [3.63, 3.8) is 0 Å². The van der Waals surface area contributed by atoms with Crippen molar-refractivity contribution in [2.24, 2.45) is 0 Å². The Bertz CT molecular complexity index is 1050. The van der Waals surface area contributed by atoms with E-state index in [4.69, 9.17) is 4.74 Å². The van der Waals surface area contributed by atoms with Gasteiger partial charge in [-0.15, -0.1) is 0 Å². The van der Waals surface area contributed by atoms with Gasteiger partial charge in [0, 0.05) is 18.4 Å². The number of rotatable bonds is 5. The van der Waals surface area contributed by atoms with Crippen LogP contribution in [0, 0.1) is 11.3 Å². The van der Waals surface area contributed by atoms with E-state index in [-0.39, 0.29) is 30.4 Å². The zero-order chi connectivity index (χ0) is 18.5. The van der Waals surface area contributed by atoms with E-state index in [1.54, 1.807) is 42.5 Å². The van der Waals surface area contributed by atoms with Crippen LogP contribution >= 0.6 is 0 Å². The standard InChI is InChI=1S/C19H16N4O3/c1-26-10-9-23-17(12-20)22-16-8-7-14(11-15(16)19(23)25)21-18(24)13-5-3-2-4-6-13/h2-8,11H,9-10H2,1H3,(H,21,24). The topological polar surface area (TPSA) is 97.0 Å². The van der Waals surface area contributed by atoms with E-state index >= 15 is 0 Å². The summed E-state index contributed by atoms with van der Waals surface area (Å²) in [4.78, 5) is 29.2. The number of ether oxygens (including phenoxy) is 1. The first-order chi connectivity index (χ1) is 12.6. The number of aromatic nitrogens is 2. The molecule has 3 aromatic rings. The van der Waals surface area contributed by atoms with Crippen LogP contribution in [0.3, 0.4) is 0 Å². The number of hydrogen-bond acceptors (Lipinski definition) is 5. The van der Waals surface area contributed by atoms with Crippen LogP contribution in [0.1, 0.15) is 16.2 Å². The first kappa shape index (κ1) is 17.3. The van der Waals surface area contributed by atoms with Gasteiger partial charge < -0.3 is 10.1 Å². The lowest BCUT2D eigenvalue weighted by molar-refractivity contribution is 0.102. The smallest absolute Gasteiger partial charge is 0.262 e. The average molecular weight is 348 g/mol. The highest BCUT2D eigenvalue weighted by Crippen LogP contribution is 2.16. The molecular formula is C19H16N4O3. The van der Waals surface area contributed by atoms with Crippen LogP contribution in [0.5, 0.6) is 0 Å². The van der Waals surface area contributed by atoms with Gasteiger partial charge in [0.15, 0.2) is 0 Å². The molecule has 0 spiro atoms. The highest BCUT2D eigenvalue weighted by Gasteiger charge is 2.12. The molecule has 3 rings (SSSR count). The molecule has 1 aromatic heterocycles. The van der Waals surface area contributed by atoms with Crippen LogP contribution in [0.25, 0.3) is 10.9 Å². The van der Waals surface area contributed by atoms with Crippen molar-refractivity contribution in [2.75, 3.05) is 19.0 Å². The number of amides is 1. The van der Waals surface area contributed by atoms with Crippen molar-refractivity contribution in [3.8, 4) is 6.07 Å². The van der Waals surface area contributed by atoms with Gasteiger partial charge in [-0.25, -0.2) is 4.98 Å². The molecule has 0 saturated heterocycles. The Labute approximate surface area is 149 Å². The molecular weight excluding hydrogens is 332 g/mol.